The molecule has 0 radical (unpaired) electrons. The highest BCUT2D eigenvalue weighted by Crippen LogP contribution is 2.71. The molecule has 150 valence electrons. The molecule has 6 atom stereocenters. The summed E-state index contributed by atoms with van der Waals surface area (Å²) in [5.74, 6) is 2.40. The summed E-state index contributed by atoms with van der Waals surface area (Å²) in [6.07, 6.45) is 13.4. The number of ketones is 1. The first-order valence-electron chi connectivity index (χ1n) is 11.4. The number of aliphatic hydroxyl groups is 2. The molecule has 0 aromatic carbocycles. The van der Waals surface area contributed by atoms with E-state index in [2.05, 4.69) is 19.9 Å². The fraction of sp³-hybridized carbons (Fsp3) is 0.875. The summed E-state index contributed by atoms with van der Waals surface area (Å²) in [6.45, 7) is 4.99. The van der Waals surface area contributed by atoms with E-state index in [1.54, 1.807) is 0 Å². The van der Waals surface area contributed by atoms with Crippen LogP contribution in [0.3, 0.4) is 0 Å². The van der Waals surface area contributed by atoms with Gasteiger partial charge < -0.3 is 10.2 Å². The Kier molecular flexibility index (Phi) is 3.87. The van der Waals surface area contributed by atoms with E-state index in [0.29, 0.717) is 30.0 Å². The average molecular weight is 373 g/mol. The number of carbonyl (C=O) groups is 1. The van der Waals surface area contributed by atoms with E-state index in [1.165, 1.54) is 18.4 Å². The monoisotopic (exact) mass is 372 g/mol. The Morgan fingerprint density at radius 3 is 2.52 bits per heavy atom. The number of aliphatic hydroxyl groups excluding tert-OH is 1. The minimum absolute atomic E-state index is 0.00156. The normalized spacial score (nSPS) is 50.0. The van der Waals surface area contributed by atoms with Gasteiger partial charge in [-0.3, -0.25) is 4.79 Å². The Labute approximate surface area is 163 Å². The summed E-state index contributed by atoms with van der Waals surface area (Å²) in [6, 6.07) is 0. The fourth-order valence-corrected chi connectivity index (χ4v) is 8.38. The molecular weight excluding hydrogens is 336 g/mol. The van der Waals surface area contributed by atoms with Crippen molar-refractivity contribution in [1.29, 1.82) is 0 Å². The van der Waals surface area contributed by atoms with E-state index in [0.717, 1.165) is 51.4 Å². The van der Waals surface area contributed by atoms with E-state index >= 15 is 0 Å². The molecule has 5 aliphatic rings. The molecule has 0 aromatic heterocycles. The second-order valence-corrected chi connectivity index (χ2v) is 11.2. The lowest BCUT2D eigenvalue weighted by Gasteiger charge is -2.60. The second-order valence-electron chi connectivity index (χ2n) is 11.2. The van der Waals surface area contributed by atoms with Crippen molar-refractivity contribution < 1.29 is 15.0 Å². The summed E-state index contributed by atoms with van der Waals surface area (Å²) >= 11 is 0. The van der Waals surface area contributed by atoms with Crippen molar-refractivity contribution in [2.75, 3.05) is 6.61 Å². The van der Waals surface area contributed by atoms with Crippen LogP contribution in [0.15, 0.2) is 11.6 Å². The van der Waals surface area contributed by atoms with Gasteiger partial charge >= 0.3 is 0 Å². The van der Waals surface area contributed by atoms with Gasteiger partial charge in [-0.1, -0.05) is 19.4 Å². The van der Waals surface area contributed by atoms with Crippen LogP contribution in [-0.2, 0) is 4.79 Å². The molecule has 0 aromatic rings. The van der Waals surface area contributed by atoms with Gasteiger partial charge in [-0.15, -0.1) is 0 Å². The fourth-order valence-electron chi connectivity index (χ4n) is 8.38. The molecule has 0 heterocycles. The summed E-state index contributed by atoms with van der Waals surface area (Å²) < 4.78 is 0. The molecule has 0 bridgehead atoms. The number of hydrogen-bond donors (Lipinski definition) is 2. The largest absolute Gasteiger partial charge is 0.396 e. The van der Waals surface area contributed by atoms with Crippen LogP contribution in [0.2, 0.25) is 0 Å². The first kappa shape index (κ1) is 18.4. The van der Waals surface area contributed by atoms with Crippen LogP contribution in [0.5, 0.6) is 0 Å². The molecule has 4 saturated carbocycles. The number of allylic oxidation sites excluding steroid dienone is 1. The van der Waals surface area contributed by atoms with Crippen molar-refractivity contribution in [2.24, 2.45) is 34.0 Å². The van der Waals surface area contributed by atoms with E-state index in [-0.39, 0.29) is 22.9 Å². The highest BCUT2D eigenvalue weighted by atomic mass is 16.3. The molecule has 0 amide bonds. The number of carbonyl (C=O) groups excluding carboxylic acids is 1. The predicted octanol–water partition coefficient (Wildman–Crippen LogP) is 4.41. The van der Waals surface area contributed by atoms with Gasteiger partial charge in [-0.2, -0.15) is 0 Å². The Morgan fingerprint density at radius 1 is 1.07 bits per heavy atom. The lowest BCUT2D eigenvalue weighted by Crippen LogP contribution is -2.55. The van der Waals surface area contributed by atoms with Crippen molar-refractivity contribution >= 4 is 5.78 Å². The first-order chi connectivity index (χ1) is 12.8. The number of hydrogen-bond acceptors (Lipinski definition) is 3. The van der Waals surface area contributed by atoms with Gasteiger partial charge in [0.25, 0.3) is 0 Å². The molecule has 4 fully saturated rings. The van der Waals surface area contributed by atoms with Gasteiger partial charge in [0.2, 0.25) is 0 Å². The van der Waals surface area contributed by atoms with E-state index in [4.69, 9.17) is 0 Å². The third-order valence-electron chi connectivity index (χ3n) is 10.2. The van der Waals surface area contributed by atoms with Gasteiger partial charge in [0.1, 0.15) is 0 Å². The highest BCUT2D eigenvalue weighted by molar-refractivity contribution is 5.98. The van der Waals surface area contributed by atoms with Crippen LogP contribution >= 0.6 is 0 Å². The SMILES string of the molecule is C[C@]12CC3(CC3)C(=O)C=C1CC[C@@H]1[C@@H]2CC[C@@]2(C)[C@H]1CC[C@@]2(O)CCCO. The van der Waals surface area contributed by atoms with E-state index < -0.39 is 5.60 Å². The Balaban J connectivity index is 1.46. The van der Waals surface area contributed by atoms with Gasteiger partial charge in [0, 0.05) is 12.0 Å². The van der Waals surface area contributed by atoms with Gasteiger partial charge in [0.05, 0.1) is 5.60 Å². The Hall–Kier alpha value is -0.670. The van der Waals surface area contributed by atoms with Crippen molar-refractivity contribution in [1.82, 2.24) is 0 Å². The summed E-state index contributed by atoms with van der Waals surface area (Å²) in [4.78, 5) is 12.6. The maximum atomic E-state index is 12.6. The molecule has 2 N–H and O–H groups in total. The maximum Gasteiger partial charge on any atom is 0.161 e. The third kappa shape index (κ3) is 2.31. The quantitative estimate of drug-likeness (QED) is 0.771. The van der Waals surface area contributed by atoms with Crippen LogP contribution in [0, 0.1) is 34.0 Å². The summed E-state index contributed by atoms with van der Waals surface area (Å²) in [5.41, 5.74) is 1.06. The average Bonchev–Trinajstić information content (AvgIpc) is 3.34. The lowest BCUT2D eigenvalue weighted by atomic mass is 9.45. The molecule has 0 aliphatic heterocycles. The standard InChI is InChI=1S/C24H36O3/c1-21-15-23(11-12-23)20(26)14-16(21)4-5-17-18(21)6-9-22(2)19(17)7-10-24(22,27)8-3-13-25/h14,17-19,25,27H,3-13,15H2,1-2H3/t17-,18+,19+,21+,22+,24+/m1/s1. The number of fused-ring (bicyclic) bond motifs is 5. The predicted molar refractivity (Wildman–Crippen MR) is 105 cm³/mol. The maximum absolute atomic E-state index is 12.6. The smallest absolute Gasteiger partial charge is 0.161 e. The molecule has 3 nitrogen and oxygen atoms in total. The zero-order valence-electron chi connectivity index (χ0n) is 17.1. The minimum Gasteiger partial charge on any atom is -0.396 e. The first-order valence-corrected chi connectivity index (χ1v) is 11.4. The van der Waals surface area contributed by atoms with Crippen molar-refractivity contribution in [2.45, 2.75) is 90.1 Å². The number of rotatable bonds is 3. The van der Waals surface area contributed by atoms with Crippen LogP contribution in [0.25, 0.3) is 0 Å². The topological polar surface area (TPSA) is 57.5 Å². The van der Waals surface area contributed by atoms with Crippen molar-refractivity contribution in [3.63, 3.8) is 0 Å². The van der Waals surface area contributed by atoms with Crippen LogP contribution in [0.1, 0.15) is 84.5 Å². The zero-order chi connectivity index (χ0) is 19.1. The highest BCUT2D eigenvalue weighted by Gasteiger charge is 2.66. The van der Waals surface area contributed by atoms with Crippen LogP contribution < -0.4 is 0 Å². The molecule has 3 heteroatoms. The molecule has 1 spiro atoms. The van der Waals surface area contributed by atoms with Crippen LogP contribution in [-0.4, -0.2) is 28.2 Å². The zero-order valence-corrected chi connectivity index (χ0v) is 17.1. The Bertz CT molecular complexity index is 692. The van der Waals surface area contributed by atoms with Gasteiger partial charge in [-0.05, 0) is 105 Å². The van der Waals surface area contributed by atoms with Crippen LogP contribution in [0.4, 0.5) is 0 Å². The lowest BCUT2D eigenvalue weighted by molar-refractivity contribution is -0.137. The molecule has 27 heavy (non-hydrogen) atoms. The molecular formula is C24H36O3. The molecule has 0 saturated heterocycles. The van der Waals surface area contributed by atoms with Crippen molar-refractivity contribution in [3.05, 3.63) is 11.6 Å². The molecule has 5 aliphatic carbocycles. The third-order valence-corrected chi connectivity index (χ3v) is 10.2. The molecule has 0 unspecified atom stereocenters. The summed E-state index contributed by atoms with van der Waals surface area (Å²) in [5, 5.41) is 20.8. The van der Waals surface area contributed by atoms with E-state index in [1.807, 2.05) is 0 Å². The Morgan fingerprint density at radius 2 is 1.81 bits per heavy atom. The van der Waals surface area contributed by atoms with Gasteiger partial charge in [0.15, 0.2) is 5.78 Å². The van der Waals surface area contributed by atoms with Crippen molar-refractivity contribution in [3.8, 4) is 0 Å². The summed E-state index contributed by atoms with van der Waals surface area (Å²) in [7, 11) is 0. The second kappa shape index (κ2) is 5.69. The van der Waals surface area contributed by atoms with Gasteiger partial charge in [-0.25, -0.2) is 0 Å². The van der Waals surface area contributed by atoms with E-state index in [9.17, 15) is 15.0 Å². The minimum atomic E-state index is -0.595. The molecule has 5 rings (SSSR count).